The Bertz CT molecular complexity index is 711. The average Bonchev–Trinajstić information content (AvgIpc) is 2.90. The topological polar surface area (TPSA) is 51.2 Å². The number of nitrogens with one attached hydrogen (secondary N) is 1. The third kappa shape index (κ3) is 2.89. The maximum atomic E-state index is 12.4. The van der Waals surface area contributed by atoms with E-state index in [2.05, 4.69) is 10.3 Å². The van der Waals surface area contributed by atoms with Crippen LogP contribution in [0.1, 0.15) is 22.6 Å². The number of carbonyl (C=O) groups excluding carboxylic acids is 1. The van der Waals surface area contributed by atoms with Crippen molar-refractivity contribution in [3.05, 3.63) is 57.2 Å². The molecule has 114 valence electrons. The number of amides is 1. The molecule has 0 bridgehead atoms. The van der Waals surface area contributed by atoms with Crippen molar-refractivity contribution in [2.45, 2.75) is 19.4 Å². The average molecular weight is 337 g/mol. The lowest BCUT2D eigenvalue weighted by Gasteiger charge is -2.13. The molecule has 0 aliphatic carbocycles. The Labute approximate surface area is 138 Å². The van der Waals surface area contributed by atoms with Gasteiger partial charge in [0, 0.05) is 28.4 Å². The minimum atomic E-state index is -0.338. The van der Waals surface area contributed by atoms with E-state index in [0.29, 0.717) is 29.1 Å². The maximum Gasteiger partial charge on any atom is 0.231 e. The first-order chi connectivity index (χ1) is 10.6. The van der Waals surface area contributed by atoms with Gasteiger partial charge in [0.2, 0.25) is 11.8 Å². The van der Waals surface area contributed by atoms with Gasteiger partial charge in [0.15, 0.2) is 0 Å². The molecule has 2 aromatic rings. The zero-order valence-corrected chi connectivity index (χ0v) is 13.4. The first-order valence-corrected chi connectivity index (χ1v) is 7.62. The number of fused-ring (bicyclic) bond motifs is 1. The van der Waals surface area contributed by atoms with E-state index in [-0.39, 0.29) is 11.8 Å². The molecule has 0 spiro atoms. The molecule has 3 rings (SSSR count). The van der Waals surface area contributed by atoms with Crippen molar-refractivity contribution in [1.29, 1.82) is 0 Å². The molecule has 0 fully saturated rings. The Kier molecular flexibility index (Phi) is 4.23. The van der Waals surface area contributed by atoms with Crippen LogP contribution in [-0.4, -0.2) is 17.5 Å². The van der Waals surface area contributed by atoms with Gasteiger partial charge < -0.3 is 10.1 Å². The molecule has 0 unspecified atom stereocenters. The summed E-state index contributed by atoms with van der Waals surface area (Å²) in [4.78, 5) is 16.5. The minimum Gasteiger partial charge on any atom is -0.476 e. The van der Waals surface area contributed by atoms with E-state index >= 15 is 0 Å². The summed E-state index contributed by atoms with van der Waals surface area (Å²) in [6, 6.07) is 7.16. The van der Waals surface area contributed by atoms with E-state index in [1.54, 1.807) is 18.3 Å². The molecule has 1 aromatic heterocycles. The monoisotopic (exact) mass is 336 g/mol. The third-order valence-corrected chi connectivity index (χ3v) is 4.26. The molecule has 1 aliphatic rings. The molecule has 1 amide bonds. The number of rotatable bonds is 3. The Morgan fingerprint density at radius 3 is 3.05 bits per heavy atom. The molecule has 0 saturated carbocycles. The SMILES string of the molecule is Cc1cc(Cl)cc(Cl)c1CNC(=O)[C@H]1COc2ncccc21. The van der Waals surface area contributed by atoms with Gasteiger partial charge in [-0.1, -0.05) is 29.3 Å². The highest BCUT2D eigenvalue weighted by Gasteiger charge is 2.31. The van der Waals surface area contributed by atoms with E-state index < -0.39 is 0 Å². The molecule has 2 heterocycles. The Morgan fingerprint density at radius 1 is 1.45 bits per heavy atom. The van der Waals surface area contributed by atoms with Gasteiger partial charge in [-0.15, -0.1) is 0 Å². The smallest absolute Gasteiger partial charge is 0.231 e. The summed E-state index contributed by atoms with van der Waals surface area (Å²) in [5.41, 5.74) is 2.63. The summed E-state index contributed by atoms with van der Waals surface area (Å²) in [7, 11) is 0. The number of benzene rings is 1. The number of ether oxygens (including phenoxy) is 1. The Balaban J connectivity index is 1.72. The lowest BCUT2D eigenvalue weighted by atomic mass is 10.0. The van der Waals surface area contributed by atoms with E-state index in [0.717, 1.165) is 16.7 Å². The number of aryl methyl sites for hydroxylation is 1. The highest BCUT2D eigenvalue weighted by Crippen LogP contribution is 2.31. The third-order valence-electron chi connectivity index (χ3n) is 3.70. The van der Waals surface area contributed by atoms with Crippen LogP contribution in [0.15, 0.2) is 30.5 Å². The maximum absolute atomic E-state index is 12.4. The van der Waals surface area contributed by atoms with Crippen LogP contribution in [-0.2, 0) is 11.3 Å². The van der Waals surface area contributed by atoms with Gasteiger partial charge in [0.1, 0.15) is 12.5 Å². The number of hydrogen-bond donors (Lipinski definition) is 1. The van der Waals surface area contributed by atoms with Gasteiger partial charge in [-0.2, -0.15) is 0 Å². The van der Waals surface area contributed by atoms with Gasteiger partial charge in [-0.3, -0.25) is 4.79 Å². The molecule has 22 heavy (non-hydrogen) atoms. The van der Waals surface area contributed by atoms with Crippen molar-refractivity contribution < 1.29 is 9.53 Å². The van der Waals surface area contributed by atoms with Crippen LogP contribution in [0.2, 0.25) is 10.0 Å². The Morgan fingerprint density at radius 2 is 2.27 bits per heavy atom. The fraction of sp³-hybridized carbons (Fsp3) is 0.250. The molecule has 1 aliphatic heterocycles. The molecule has 1 aromatic carbocycles. The number of halogens is 2. The minimum absolute atomic E-state index is 0.0998. The fourth-order valence-corrected chi connectivity index (χ4v) is 3.17. The van der Waals surface area contributed by atoms with Crippen molar-refractivity contribution >= 4 is 29.1 Å². The standard InChI is InChI=1S/C16H14Cl2N2O2/c1-9-5-10(17)6-14(18)12(9)7-20-15(21)13-8-22-16-11(13)3-2-4-19-16/h2-6,13H,7-8H2,1H3,(H,20,21)/t13-/m0/s1. The highest BCUT2D eigenvalue weighted by atomic mass is 35.5. The second-order valence-electron chi connectivity index (χ2n) is 5.16. The summed E-state index contributed by atoms with van der Waals surface area (Å²) in [6.07, 6.45) is 1.65. The molecule has 1 atom stereocenters. The molecule has 0 saturated heterocycles. The second-order valence-corrected chi connectivity index (χ2v) is 6.01. The van der Waals surface area contributed by atoms with Gasteiger partial charge in [0.25, 0.3) is 0 Å². The molecular weight excluding hydrogens is 323 g/mol. The second kappa shape index (κ2) is 6.15. The van der Waals surface area contributed by atoms with Crippen molar-refractivity contribution in [3.63, 3.8) is 0 Å². The molecule has 0 radical (unpaired) electrons. The summed E-state index contributed by atoms with van der Waals surface area (Å²) in [5, 5.41) is 4.04. The number of aromatic nitrogens is 1. The number of hydrogen-bond acceptors (Lipinski definition) is 3. The summed E-state index contributed by atoms with van der Waals surface area (Å²) in [5.74, 6) is 0.0932. The van der Waals surface area contributed by atoms with Gasteiger partial charge >= 0.3 is 0 Å². The van der Waals surface area contributed by atoms with Crippen LogP contribution in [0, 0.1) is 6.92 Å². The zero-order chi connectivity index (χ0) is 15.7. The fourth-order valence-electron chi connectivity index (χ4n) is 2.51. The highest BCUT2D eigenvalue weighted by molar-refractivity contribution is 6.35. The van der Waals surface area contributed by atoms with Crippen LogP contribution in [0.3, 0.4) is 0 Å². The summed E-state index contributed by atoms with van der Waals surface area (Å²) in [6.45, 7) is 2.58. The quantitative estimate of drug-likeness (QED) is 0.933. The van der Waals surface area contributed by atoms with Gasteiger partial charge in [0.05, 0.1) is 0 Å². The molecule has 4 nitrogen and oxygen atoms in total. The molecule has 1 N–H and O–H groups in total. The van der Waals surface area contributed by atoms with E-state index in [1.165, 1.54) is 0 Å². The normalized spacial score (nSPS) is 16.0. The predicted molar refractivity (Wildman–Crippen MR) is 85.5 cm³/mol. The van der Waals surface area contributed by atoms with Gasteiger partial charge in [-0.25, -0.2) is 4.98 Å². The van der Waals surface area contributed by atoms with Crippen LogP contribution in [0.25, 0.3) is 0 Å². The lowest BCUT2D eigenvalue weighted by molar-refractivity contribution is -0.122. The summed E-state index contributed by atoms with van der Waals surface area (Å²) < 4.78 is 5.43. The Hall–Kier alpha value is -1.78. The van der Waals surface area contributed by atoms with Crippen molar-refractivity contribution in [2.75, 3.05) is 6.61 Å². The van der Waals surface area contributed by atoms with Crippen molar-refractivity contribution in [1.82, 2.24) is 10.3 Å². The first kappa shape index (κ1) is 15.1. The van der Waals surface area contributed by atoms with E-state index in [4.69, 9.17) is 27.9 Å². The van der Waals surface area contributed by atoms with Crippen molar-refractivity contribution in [3.8, 4) is 5.88 Å². The molecular formula is C16H14Cl2N2O2. The van der Waals surface area contributed by atoms with Gasteiger partial charge in [-0.05, 0) is 36.2 Å². The summed E-state index contributed by atoms with van der Waals surface area (Å²) >= 11 is 12.1. The largest absolute Gasteiger partial charge is 0.476 e. The van der Waals surface area contributed by atoms with Crippen LogP contribution in [0.5, 0.6) is 5.88 Å². The first-order valence-electron chi connectivity index (χ1n) is 6.86. The van der Waals surface area contributed by atoms with E-state index in [1.807, 2.05) is 19.1 Å². The van der Waals surface area contributed by atoms with Crippen LogP contribution < -0.4 is 10.1 Å². The lowest BCUT2D eigenvalue weighted by Crippen LogP contribution is -2.30. The van der Waals surface area contributed by atoms with E-state index in [9.17, 15) is 4.79 Å². The number of pyridine rings is 1. The molecule has 6 heteroatoms. The zero-order valence-electron chi connectivity index (χ0n) is 11.9. The number of nitrogens with zero attached hydrogens (tertiary/aromatic N) is 1. The van der Waals surface area contributed by atoms with Crippen molar-refractivity contribution in [2.24, 2.45) is 0 Å². The number of carbonyl (C=O) groups is 1. The van der Waals surface area contributed by atoms with Crippen LogP contribution in [0.4, 0.5) is 0 Å². The predicted octanol–water partition coefficient (Wildman–Crippen LogP) is 3.49. The van der Waals surface area contributed by atoms with Crippen LogP contribution >= 0.6 is 23.2 Å².